The van der Waals surface area contributed by atoms with Crippen LogP contribution in [0, 0.1) is 29.5 Å². The smallest absolute Gasteiger partial charge is 0.267 e. The van der Waals surface area contributed by atoms with Crippen molar-refractivity contribution in [3.05, 3.63) is 17.4 Å². The number of nitrogens with one attached hydrogen (secondary N) is 1. The van der Waals surface area contributed by atoms with Crippen LogP contribution in [0.2, 0.25) is 0 Å². The van der Waals surface area contributed by atoms with Gasteiger partial charge in [0.05, 0.1) is 11.4 Å². The summed E-state index contributed by atoms with van der Waals surface area (Å²) in [5.41, 5.74) is 1.62. The molecule has 1 N–H and O–H groups in total. The number of amides is 2. The first-order valence-corrected chi connectivity index (χ1v) is 11.6. The van der Waals surface area contributed by atoms with Crippen molar-refractivity contribution >= 4 is 23.2 Å². The Labute approximate surface area is 184 Å². The van der Waals surface area contributed by atoms with Gasteiger partial charge < -0.3 is 15.0 Å². The highest BCUT2D eigenvalue weighted by molar-refractivity contribution is 6.01. The minimum absolute atomic E-state index is 0.0678. The summed E-state index contributed by atoms with van der Waals surface area (Å²) in [6.07, 6.45) is 6.96. The zero-order valence-electron chi connectivity index (χ0n) is 19.4. The van der Waals surface area contributed by atoms with E-state index in [1.165, 1.54) is 25.7 Å². The molecule has 4 rings (SSSR count). The van der Waals surface area contributed by atoms with Gasteiger partial charge in [0.15, 0.2) is 17.7 Å². The molecular formula is C25H35FN2O3. The summed E-state index contributed by atoms with van der Waals surface area (Å²) in [5.74, 6) is -0.451. The maximum absolute atomic E-state index is 15.5. The number of anilines is 2. The molecule has 0 bridgehead atoms. The fraction of sp³-hybridized carbons (Fsp3) is 0.680. The molecule has 2 saturated carbocycles. The van der Waals surface area contributed by atoms with Crippen LogP contribution in [0.4, 0.5) is 15.8 Å². The predicted octanol–water partition coefficient (Wildman–Crippen LogP) is 5.59. The molecule has 2 fully saturated rings. The molecule has 1 heterocycles. The van der Waals surface area contributed by atoms with Gasteiger partial charge in [-0.3, -0.25) is 9.59 Å². The first-order chi connectivity index (χ1) is 14.5. The van der Waals surface area contributed by atoms with Crippen LogP contribution in [0.25, 0.3) is 0 Å². The number of hydrogen-bond acceptors (Lipinski definition) is 3. The Morgan fingerprint density at radius 3 is 2.48 bits per heavy atom. The van der Waals surface area contributed by atoms with E-state index in [9.17, 15) is 9.59 Å². The summed E-state index contributed by atoms with van der Waals surface area (Å²) in [4.78, 5) is 27.1. The van der Waals surface area contributed by atoms with E-state index >= 15 is 4.39 Å². The summed E-state index contributed by atoms with van der Waals surface area (Å²) < 4.78 is 21.2. The second kappa shape index (κ2) is 7.79. The fourth-order valence-electron chi connectivity index (χ4n) is 5.03. The van der Waals surface area contributed by atoms with Crippen LogP contribution >= 0.6 is 0 Å². The molecule has 170 valence electrons. The van der Waals surface area contributed by atoms with Crippen LogP contribution in [0.15, 0.2) is 6.07 Å². The van der Waals surface area contributed by atoms with Gasteiger partial charge in [-0.1, -0.05) is 20.8 Å². The van der Waals surface area contributed by atoms with Crippen LogP contribution < -0.4 is 15.0 Å². The largest absolute Gasteiger partial charge is 0.476 e. The molecule has 1 aromatic rings. The van der Waals surface area contributed by atoms with Gasteiger partial charge in [-0.25, -0.2) is 4.39 Å². The summed E-state index contributed by atoms with van der Waals surface area (Å²) >= 11 is 0. The third-order valence-corrected chi connectivity index (χ3v) is 7.12. The molecule has 1 spiro atoms. The molecule has 5 nitrogen and oxygen atoms in total. The second-order valence-electron chi connectivity index (χ2n) is 11.2. The molecule has 0 aromatic heterocycles. The Bertz CT molecular complexity index is 891. The maximum atomic E-state index is 15.5. The van der Waals surface area contributed by atoms with Crippen molar-refractivity contribution in [2.75, 3.05) is 16.8 Å². The van der Waals surface area contributed by atoms with Crippen LogP contribution in [-0.2, 0) is 9.59 Å². The first-order valence-electron chi connectivity index (χ1n) is 11.6. The third-order valence-electron chi connectivity index (χ3n) is 7.12. The van der Waals surface area contributed by atoms with Gasteiger partial charge in [-0.2, -0.15) is 0 Å². The number of benzene rings is 1. The number of ether oxygens (including phenoxy) is 1. The summed E-state index contributed by atoms with van der Waals surface area (Å²) in [5, 5.41) is 2.73. The van der Waals surface area contributed by atoms with E-state index in [4.69, 9.17) is 4.74 Å². The molecule has 31 heavy (non-hydrogen) atoms. The van der Waals surface area contributed by atoms with E-state index in [0.717, 1.165) is 12.8 Å². The number of fused-ring (bicyclic) bond motifs is 1. The average Bonchev–Trinajstić information content (AvgIpc) is 3.43. The Kier molecular flexibility index (Phi) is 5.55. The Balaban J connectivity index is 1.58. The van der Waals surface area contributed by atoms with Crippen molar-refractivity contribution in [2.45, 2.75) is 85.7 Å². The monoisotopic (exact) mass is 430 g/mol. The van der Waals surface area contributed by atoms with Gasteiger partial charge in [-0.15, -0.1) is 0 Å². The van der Waals surface area contributed by atoms with Gasteiger partial charge in [0.2, 0.25) is 5.91 Å². The second-order valence-corrected chi connectivity index (χ2v) is 11.2. The number of halogens is 1. The quantitative estimate of drug-likeness (QED) is 0.677. The van der Waals surface area contributed by atoms with Crippen LogP contribution in [-0.4, -0.2) is 24.5 Å². The lowest BCUT2D eigenvalue weighted by Crippen LogP contribution is -2.47. The van der Waals surface area contributed by atoms with E-state index < -0.39 is 11.9 Å². The highest BCUT2D eigenvalue weighted by Gasteiger charge is 2.45. The minimum Gasteiger partial charge on any atom is -0.476 e. The van der Waals surface area contributed by atoms with E-state index in [-0.39, 0.29) is 35.1 Å². The van der Waals surface area contributed by atoms with Crippen molar-refractivity contribution in [3.8, 4) is 5.75 Å². The number of rotatable bonds is 4. The zero-order valence-corrected chi connectivity index (χ0v) is 19.4. The average molecular weight is 431 g/mol. The lowest BCUT2D eigenvalue weighted by atomic mass is 9.79. The van der Waals surface area contributed by atoms with Gasteiger partial charge in [-0.05, 0) is 80.8 Å². The van der Waals surface area contributed by atoms with Crippen molar-refractivity contribution in [3.63, 3.8) is 0 Å². The zero-order chi connectivity index (χ0) is 22.6. The van der Waals surface area contributed by atoms with E-state index in [0.29, 0.717) is 29.1 Å². The van der Waals surface area contributed by atoms with Crippen LogP contribution in [0.5, 0.6) is 5.75 Å². The molecule has 1 aliphatic heterocycles. The maximum Gasteiger partial charge on any atom is 0.267 e. The molecular weight excluding hydrogens is 395 g/mol. The van der Waals surface area contributed by atoms with Crippen LogP contribution in [0.3, 0.4) is 0 Å². The predicted molar refractivity (Wildman–Crippen MR) is 120 cm³/mol. The summed E-state index contributed by atoms with van der Waals surface area (Å²) in [6, 6.07) is 1.78. The molecule has 1 atom stereocenters. The Morgan fingerprint density at radius 2 is 1.90 bits per heavy atom. The highest BCUT2D eigenvalue weighted by Crippen LogP contribution is 2.57. The number of aryl methyl sites for hydroxylation is 1. The molecule has 0 saturated heterocycles. The van der Waals surface area contributed by atoms with Crippen molar-refractivity contribution in [1.82, 2.24) is 0 Å². The van der Waals surface area contributed by atoms with E-state index in [2.05, 4.69) is 5.32 Å². The number of hydrogen-bond donors (Lipinski definition) is 1. The minimum atomic E-state index is -0.749. The number of nitrogens with zero attached hydrogens (tertiary/aromatic N) is 1. The highest BCUT2D eigenvalue weighted by atomic mass is 19.1. The van der Waals surface area contributed by atoms with Gasteiger partial charge in [0.25, 0.3) is 5.91 Å². The lowest BCUT2D eigenvalue weighted by Gasteiger charge is -2.38. The summed E-state index contributed by atoms with van der Waals surface area (Å²) in [6.45, 7) is 9.92. The normalized spacial score (nSPS) is 22.8. The van der Waals surface area contributed by atoms with Crippen molar-refractivity contribution in [2.24, 2.45) is 16.7 Å². The standard InChI is InChI=1S/C25H35FN2O3/c1-15-12-18-22(20(26)21(15)27-19(29)13-24(3,4)5)31-16(2)23(30)28(18)14-17-6-8-25(9-7-17)10-11-25/h12,16-17H,6-11,13-14H2,1-5H3,(H,27,29). The summed E-state index contributed by atoms with van der Waals surface area (Å²) in [7, 11) is 0. The molecule has 3 aliphatic rings. The molecule has 0 radical (unpaired) electrons. The van der Waals surface area contributed by atoms with Gasteiger partial charge in [0, 0.05) is 13.0 Å². The Morgan fingerprint density at radius 1 is 1.26 bits per heavy atom. The molecule has 6 heteroatoms. The van der Waals surface area contributed by atoms with Crippen LogP contribution in [0.1, 0.15) is 78.2 Å². The molecule has 2 aliphatic carbocycles. The SMILES string of the molecule is Cc1cc2c(c(F)c1NC(=O)CC(C)(C)C)OC(C)C(=O)N2CC1CCC2(CC1)CC2. The van der Waals surface area contributed by atoms with Gasteiger partial charge in [0.1, 0.15) is 0 Å². The van der Waals surface area contributed by atoms with E-state index in [1.54, 1.807) is 24.8 Å². The lowest BCUT2D eigenvalue weighted by molar-refractivity contribution is -0.126. The molecule has 1 unspecified atom stereocenters. The van der Waals surface area contributed by atoms with Gasteiger partial charge >= 0.3 is 0 Å². The van der Waals surface area contributed by atoms with Crippen molar-refractivity contribution < 1.29 is 18.7 Å². The van der Waals surface area contributed by atoms with Crippen molar-refractivity contribution in [1.29, 1.82) is 0 Å². The van der Waals surface area contributed by atoms with E-state index in [1.807, 2.05) is 20.8 Å². The third kappa shape index (κ3) is 4.58. The fourth-order valence-corrected chi connectivity index (χ4v) is 5.03. The molecule has 1 aromatic carbocycles. The number of carbonyl (C=O) groups is 2. The molecule has 2 amide bonds. The Hall–Kier alpha value is -2.11. The first kappa shape index (κ1) is 22.1. The topological polar surface area (TPSA) is 58.6 Å². The number of carbonyl (C=O) groups excluding carboxylic acids is 2.